The molecule has 34 heavy (non-hydrogen) atoms. The highest BCUT2D eigenvalue weighted by Gasteiger charge is 2.15. The van der Waals surface area contributed by atoms with Gasteiger partial charge in [0.2, 0.25) is 11.8 Å². The summed E-state index contributed by atoms with van der Waals surface area (Å²) >= 11 is 1.18. The Balaban J connectivity index is 1.37. The van der Waals surface area contributed by atoms with Crippen LogP contribution in [-0.4, -0.2) is 32.2 Å². The van der Waals surface area contributed by atoms with Gasteiger partial charge in [-0.2, -0.15) is 0 Å². The zero-order valence-electron chi connectivity index (χ0n) is 18.2. The predicted octanol–water partition coefficient (Wildman–Crippen LogP) is 3.71. The van der Waals surface area contributed by atoms with Crippen LogP contribution in [0.25, 0.3) is 10.8 Å². The molecule has 0 saturated carbocycles. The molecule has 3 N–H and O–H groups in total. The standard InChI is InChI=1S/C25H23FN4O3S/c26-19-10-8-17(9-11-19)12-27-23(32)14-30-20(15-31)13-28-25(30)34-16-24(33)29-22-7-3-5-18-4-1-2-6-21(18)22/h1-11,13,31H,12,14-16H2,(H,27,32)(H,29,33). The average Bonchev–Trinajstić information content (AvgIpc) is 3.24. The third-order valence-electron chi connectivity index (χ3n) is 5.16. The van der Waals surface area contributed by atoms with Gasteiger partial charge in [-0.1, -0.05) is 60.3 Å². The van der Waals surface area contributed by atoms with E-state index < -0.39 is 0 Å². The summed E-state index contributed by atoms with van der Waals surface area (Å²) in [7, 11) is 0. The molecule has 7 nitrogen and oxygen atoms in total. The summed E-state index contributed by atoms with van der Waals surface area (Å²) in [6, 6.07) is 19.4. The van der Waals surface area contributed by atoms with Crippen molar-refractivity contribution in [3.63, 3.8) is 0 Å². The highest BCUT2D eigenvalue weighted by Crippen LogP contribution is 2.24. The Hall–Kier alpha value is -3.69. The van der Waals surface area contributed by atoms with Gasteiger partial charge < -0.3 is 20.3 Å². The summed E-state index contributed by atoms with van der Waals surface area (Å²) in [4.78, 5) is 29.3. The zero-order valence-corrected chi connectivity index (χ0v) is 19.0. The molecule has 9 heteroatoms. The van der Waals surface area contributed by atoms with Crippen LogP contribution in [0.2, 0.25) is 0 Å². The highest BCUT2D eigenvalue weighted by molar-refractivity contribution is 7.99. The number of hydrogen-bond acceptors (Lipinski definition) is 5. The molecule has 4 aromatic rings. The van der Waals surface area contributed by atoms with Crippen molar-refractivity contribution in [2.24, 2.45) is 0 Å². The van der Waals surface area contributed by atoms with Crippen LogP contribution in [0.3, 0.4) is 0 Å². The minimum atomic E-state index is -0.341. The fraction of sp³-hybridized carbons (Fsp3) is 0.160. The van der Waals surface area contributed by atoms with Gasteiger partial charge >= 0.3 is 0 Å². The summed E-state index contributed by atoms with van der Waals surface area (Å²) < 4.78 is 14.6. The van der Waals surface area contributed by atoms with Gasteiger partial charge in [0.25, 0.3) is 0 Å². The van der Waals surface area contributed by atoms with Gasteiger partial charge in [-0.25, -0.2) is 9.37 Å². The molecule has 0 bridgehead atoms. The number of aliphatic hydroxyl groups is 1. The number of thioether (sulfide) groups is 1. The third kappa shape index (κ3) is 5.81. The van der Waals surface area contributed by atoms with Crippen LogP contribution in [-0.2, 0) is 29.3 Å². The van der Waals surface area contributed by atoms with Gasteiger partial charge in [0.1, 0.15) is 12.4 Å². The van der Waals surface area contributed by atoms with E-state index in [9.17, 15) is 19.1 Å². The first kappa shape index (κ1) is 23.5. The molecular weight excluding hydrogens is 455 g/mol. The second-order valence-electron chi connectivity index (χ2n) is 7.54. The highest BCUT2D eigenvalue weighted by atomic mass is 32.2. The van der Waals surface area contributed by atoms with Crippen LogP contribution < -0.4 is 10.6 Å². The van der Waals surface area contributed by atoms with Crippen molar-refractivity contribution in [3.8, 4) is 0 Å². The Kier molecular flexibility index (Phi) is 7.56. The largest absolute Gasteiger partial charge is 0.390 e. The van der Waals surface area contributed by atoms with E-state index in [4.69, 9.17) is 0 Å². The number of benzene rings is 3. The quantitative estimate of drug-likeness (QED) is 0.319. The molecule has 4 rings (SSSR count). The van der Waals surface area contributed by atoms with Gasteiger partial charge in [-0.3, -0.25) is 9.59 Å². The van der Waals surface area contributed by atoms with Crippen LogP contribution in [0.1, 0.15) is 11.3 Å². The third-order valence-corrected chi connectivity index (χ3v) is 6.15. The van der Waals surface area contributed by atoms with Crippen LogP contribution in [0, 0.1) is 5.82 Å². The van der Waals surface area contributed by atoms with Gasteiger partial charge in [0.15, 0.2) is 5.16 Å². The number of nitrogens with one attached hydrogen (secondary N) is 2. The number of rotatable bonds is 9. The molecule has 1 heterocycles. The summed E-state index contributed by atoms with van der Waals surface area (Å²) in [5, 5.41) is 17.8. The molecule has 0 fully saturated rings. The van der Waals surface area contributed by atoms with E-state index in [1.807, 2.05) is 42.5 Å². The van der Waals surface area contributed by atoms with Crippen LogP contribution >= 0.6 is 11.8 Å². The van der Waals surface area contributed by atoms with Crippen LogP contribution in [0.4, 0.5) is 10.1 Å². The van der Waals surface area contributed by atoms with Crippen molar-refractivity contribution >= 4 is 40.0 Å². The number of anilines is 1. The summed E-state index contributed by atoms with van der Waals surface area (Å²) in [6.07, 6.45) is 1.48. The Morgan fingerprint density at radius 3 is 2.56 bits per heavy atom. The van der Waals surface area contributed by atoms with E-state index in [1.165, 1.54) is 30.1 Å². The molecule has 0 unspecified atom stereocenters. The van der Waals surface area contributed by atoms with Crippen LogP contribution in [0.15, 0.2) is 78.1 Å². The van der Waals surface area contributed by atoms with Gasteiger partial charge in [-0.15, -0.1) is 0 Å². The minimum Gasteiger partial charge on any atom is -0.390 e. The normalized spacial score (nSPS) is 10.9. The van der Waals surface area contributed by atoms with E-state index in [0.29, 0.717) is 10.9 Å². The zero-order chi connectivity index (χ0) is 23.9. The van der Waals surface area contributed by atoms with Crippen molar-refractivity contribution in [1.29, 1.82) is 0 Å². The van der Waals surface area contributed by atoms with Gasteiger partial charge in [0, 0.05) is 17.6 Å². The van der Waals surface area contributed by atoms with E-state index >= 15 is 0 Å². The number of imidazole rings is 1. The number of nitrogens with zero attached hydrogens (tertiary/aromatic N) is 2. The van der Waals surface area contributed by atoms with E-state index in [-0.39, 0.29) is 43.1 Å². The molecule has 0 saturated heterocycles. The van der Waals surface area contributed by atoms with Crippen molar-refractivity contribution in [2.45, 2.75) is 24.9 Å². The lowest BCUT2D eigenvalue weighted by molar-refractivity contribution is -0.122. The lowest BCUT2D eigenvalue weighted by Gasteiger charge is -2.12. The first-order valence-electron chi connectivity index (χ1n) is 10.6. The minimum absolute atomic E-state index is 0.0651. The fourth-order valence-corrected chi connectivity index (χ4v) is 4.25. The molecule has 0 aliphatic heterocycles. The first-order chi connectivity index (χ1) is 16.5. The molecule has 0 radical (unpaired) electrons. The van der Waals surface area contributed by atoms with E-state index in [2.05, 4.69) is 15.6 Å². The van der Waals surface area contributed by atoms with E-state index in [0.717, 1.165) is 22.0 Å². The Labute approximate surface area is 200 Å². The van der Waals surface area contributed by atoms with Crippen molar-refractivity contribution in [2.75, 3.05) is 11.1 Å². The second kappa shape index (κ2) is 11.0. The molecule has 174 valence electrons. The lowest BCUT2D eigenvalue weighted by Crippen LogP contribution is -2.28. The molecular formula is C25H23FN4O3S. The molecule has 0 aliphatic rings. The maximum Gasteiger partial charge on any atom is 0.240 e. The number of aromatic nitrogens is 2. The number of fused-ring (bicyclic) bond motifs is 1. The molecule has 0 aliphatic carbocycles. The molecule has 0 spiro atoms. The maximum atomic E-state index is 13.0. The van der Waals surface area contributed by atoms with Crippen molar-refractivity contribution < 1.29 is 19.1 Å². The molecule has 3 aromatic carbocycles. The average molecular weight is 479 g/mol. The van der Waals surface area contributed by atoms with E-state index in [1.54, 1.807) is 16.7 Å². The number of hydrogen-bond donors (Lipinski definition) is 3. The van der Waals surface area contributed by atoms with Gasteiger partial charge in [0.05, 0.1) is 24.3 Å². The molecule has 1 aromatic heterocycles. The fourth-order valence-electron chi connectivity index (χ4n) is 3.46. The Morgan fingerprint density at radius 2 is 1.76 bits per heavy atom. The van der Waals surface area contributed by atoms with Crippen molar-refractivity contribution in [3.05, 3.63) is 90.0 Å². The summed E-state index contributed by atoms with van der Waals surface area (Å²) in [6.45, 7) is -0.108. The van der Waals surface area contributed by atoms with Crippen LogP contribution in [0.5, 0.6) is 0 Å². The maximum absolute atomic E-state index is 13.0. The Bertz CT molecular complexity index is 1300. The topological polar surface area (TPSA) is 96.2 Å². The SMILES string of the molecule is O=C(Cn1c(CO)cnc1SCC(=O)Nc1cccc2ccccc12)NCc1ccc(F)cc1. The number of halogens is 1. The van der Waals surface area contributed by atoms with Gasteiger partial charge in [-0.05, 0) is 29.1 Å². The number of carbonyl (C=O) groups excluding carboxylic acids is 2. The Morgan fingerprint density at radius 1 is 1.00 bits per heavy atom. The first-order valence-corrected chi connectivity index (χ1v) is 11.6. The number of aliphatic hydroxyl groups excluding tert-OH is 1. The molecule has 0 atom stereocenters. The monoisotopic (exact) mass is 478 g/mol. The smallest absolute Gasteiger partial charge is 0.240 e. The van der Waals surface area contributed by atoms with Crippen molar-refractivity contribution in [1.82, 2.24) is 14.9 Å². The molecule has 2 amide bonds. The summed E-state index contributed by atoms with van der Waals surface area (Å²) in [5.74, 6) is -0.754. The predicted molar refractivity (Wildman–Crippen MR) is 130 cm³/mol. The second-order valence-corrected chi connectivity index (χ2v) is 8.49. The number of amides is 2. The number of carbonyl (C=O) groups is 2. The lowest BCUT2D eigenvalue weighted by atomic mass is 10.1. The summed E-state index contributed by atoms with van der Waals surface area (Å²) in [5.41, 5.74) is 1.96.